The quantitative estimate of drug-likeness (QED) is 0.672. The summed E-state index contributed by atoms with van der Waals surface area (Å²) in [5, 5.41) is 0. The molecule has 1 heterocycles. The smallest absolute Gasteiger partial charge is 0.408 e. The van der Waals surface area contributed by atoms with Crippen molar-refractivity contribution >= 4 is 12.4 Å². The van der Waals surface area contributed by atoms with Gasteiger partial charge in [-0.3, -0.25) is 4.57 Å². The van der Waals surface area contributed by atoms with Crippen molar-refractivity contribution in [2.24, 2.45) is 0 Å². The fourth-order valence-corrected chi connectivity index (χ4v) is 1.66. The standard InChI is InChI=1S/C10H11NO3/c12-7-3-6-11-8-4-1-2-5-9(8)14-10(11)13/h2,5,7H,1,3-4,6H2. The first-order chi connectivity index (χ1) is 6.83. The van der Waals surface area contributed by atoms with Crippen molar-refractivity contribution in [3.63, 3.8) is 0 Å². The van der Waals surface area contributed by atoms with E-state index in [0.29, 0.717) is 18.7 Å². The molecule has 0 aliphatic heterocycles. The Labute approximate surface area is 80.8 Å². The number of fused-ring (bicyclic) bond motifs is 1. The summed E-state index contributed by atoms with van der Waals surface area (Å²) in [4.78, 5) is 21.6. The van der Waals surface area contributed by atoms with Crippen LogP contribution in [0.4, 0.5) is 0 Å². The Morgan fingerprint density at radius 2 is 2.43 bits per heavy atom. The van der Waals surface area contributed by atoms with Gasteiger partial charge in [-0.15, -0.1) is 0 Å². The van der Waals surface area contributed by atoms with Crippen LogP contribution < -0.4 is 5.76 Å². The third kappa shape index (κ3) is 1.43. The van der Waals surface area contributed by atoms with Gasteiger partial charge < -0.3 is 9.21 Å². The van der Waals surface area contributed by atoms with Gasteiger partial charge in [0.15, 0.2) is 5.76 Å². The summed E-state index contributed by atoms with van der Waals surface area (Å²) in [6, 6.07) is 0. The second-order valence-electron chi connectivity index (χ2n) is 3.23. The summed E-state index contributed by atoms with van der Waals surface area (Å²) in [5.41, 5.74) is 0.916. The Balaban J connectivity index is 2.38. The second kappa shape index (κ2) is 3.65. The van der Waals surface area contributed by atoms with Crippen molar-refractivity contribution in [1.82, 2.24) is 4.57 Å². The number of aromatic nitrogens is 1. The number of nitrogens with zero attached hydrogens (tertiary/aromatic N) is 1. The van der Waals surface area contributed by atoms with Crippen LogP contribution >= 0.6 is 0 Å². The summed E-state index contributed by atoms with van der Waals surface area (Å²) in [6.07, 6.45) is 6.70. The minimum atomic E-state index is -0.358. The average molecular weight is 193 g/mol. The Morgan fingerprint density at radius 1 is 1.57 bits per heavy atom. The monoisotopic (exact) mass is 193 g/mol. The number of rotatable bonds is 3. The van der Waals surface area contributed by atoms with Gasteiger partial charge in [0.05, 0.1) is 5.69 Å². The van der Waals surface area contributed by atoms with E-state index >= 15 is 0 Å². The first-order valence-electron chi connectivity index (χ1n) is 4.65. The highest BCUT2D eigenvalue weighted by Gasteiger charge is 2.15. The van der Waals surface area contributed by atoms with Crippen molar-refractivity contribution in [2.45, 2.75) is 25.8 Å². The van der Waals surface area contributed by atoms with Crippen LogP contribution in [0.3, 0.4) is 0 Å². The zero-order valence-corrected chi connectivity index (χ0v) is 7.73. The first kappa shape index (κ1) is 8.99. The Kier molecular flexibility index (Phi) is 2.35. The molecule has 0 bridgehead atoms. The lowest BCUT2D eigenvalue weighted by Crippen LogP contribution is -2.17. The molecule has 0 unspecified atom stereocenters. The highest BCUT2D eigenvalue weighted by molar-refractivity contribution is 5.50. The van der Waals surface area contributed by atoms with E-state index in [9.17, 15) is 9.59 Å². The Morgan fingerprint density at radius 3 is 3.21 bits per heavy atom. The predicted octanol–water partition coefficient (Wildman–Crippen LogP) is 0.990. The summed E-state index contributed by atoms with van der Waals surface area (Å²) < 4.78 is 6.59. The number of hydrogen-bond acceptors (Lipinski definition) is 3. The van der Waals surface area contributed by atoms with Gasteiger partial charge in [0.1, 0.15) is 6.29 Å². The predicted molar refractivity (Wildman–Crippen MR) is 51.0 cm³/mol. The molecule has 0 saturated heterocycles. The molecule has 0 amide bonds. The largest absolute Gasteiger partial charge is 0.419 e. The lowest BCUT2D eigenvalue weighted by Gasteiger charge is -2.06. The third-order valence-electron chi connectivity index (χ3n) is 2.32. The maximum absolute atomic E-state index is 11.4. The number of hydrogen-bond donors (Lipinski definition) is 0. The summed E-state index contributed by atoms with van der Waals surface area (Å²) in [7, 11) is 0. The topological polar surface area (TPSA) is 52.2 Å². The van der Waals surface area contributed by atoms with Gasteiger partial charge in [0, 0.05) is 13.0 Å². The van der Waals surface area contributed by atoms with Gasteiger partial charge in [-0.1, -0.05) is 6.08 Å². The molecular formula is C10H11NO3. The highest BCUT2D eigenvalue weighted by atomic mass is 16.4. The molecule has 0 radical (unpaired) electrons. The summed E-state index contributed by atoms with van der Waals surface area (Å²) in [5.74, 6) is 0.288. The van der Waals surface area contributed by atoms with E-state index in [1.807, 2.05) is 12.2 Å². The first-order valence-corrected chi connectivity index (χ1v) is 4.65. The summed E-state index contributed by atoms with van der Waals surface area (Å²) >= 11 is 0. The summed E-state index contributed by atoms with van der Waals surface area (Å²) in [6.45, 7) is 0.426. The van der Waals surface area contributed by atoms with Gasteiger partial charge in [0.25, 0.3) is 0 Å². The van der Waals surface area contributed by atoms with Crippen molar-refractivity contribution in [1.29, 1.82) is 0 Å². The van der Waals surface area contributed by atoms with Crippen molar-refractivity contribution in [3.8, 4) is 0 Å². The second-order valence-corrected chi connectivity index (χ2v) is 3.23. The van der Waals surface area contributed by atoms with Gasteiger partial charge in [-0.05, 0) is 18.9 Å². The number of oxazole rings is 1. The van der Waals surface area contributed by atoms with E-state index < -0.39 is 0 Å². The number of allylic oxidation sites excluding steroid dienone is 1. The molecular weight excluding hydrogens is 182 g/mol. The van der Waals surface area contributed by atoms with E-state index in [2.05, 4.69) is 0 Å². The molecule has 0 saturated carbocycles. The van der Waals surface area contributed by atoms with Crippen LogP contribution in [0.1, 0.15) is 24.3 Å². The van der Waals surface area contributed by atoms with Crippen LogP contribution in [0, 0.1) is 0 Å². The Hall–Kier alpha value is -1.58. The lowest BCUT2D eigenvalue weighted by atomic mass is 10.1. The van der Waals surface area contributed by atoms with Crippen molar-refractivity contribution in [2.75, 3.05) is 0 Å². The molecule has 0 spiro atoms. The molecule has 0 aromatic carbocycles. The minimum absolute atomic E-state index is 0.357. The van der Waals surface area contributed by atoms with Crippen LogP contribution in [0.15, 0.2) is 15.3 Å². The molecule has 0 fully saturated rings. The van der Waals surface area contributed by atoms with Crippen molar-refractivity contribution in [3.05, 3.63) is 28.1 Å². The molecule has 1 aliphatic rings. The number of carbonyl (C=O) groups is 1. The minimum Gasteiger partial charge on any atom is -0.408 e. The molecule has 14 heavy (non-hydrogen) atoms. The molecule has 4 nitrogen and oxygen atoms in total. The lowest BCUT2D eigenvalue weighted by molar-refractivity contribution is -0.108. The van der Waals surface area contributed by atoms with Crippen LogP contribution in [-0.2, 0) is 17.8 Å². The van der Waals surface area contributed by atoms with Crippen LogP contribution in [0.5, 0.6) is 0 Å². The molecule has 2 rings (SSSR count). The van der Waals surface area contributed by atoms with Crippen LogP contribution in [0.2, 0.25) is 0 Å². The molecule has 1 aliphatic carbocycles. The molecule has 0 atom stereocenters. The number of carbonyl (C=O) groups excluding carboxylic acids is 1. The highest BCUT2D eigenvalue weighted by Crippen LogP contribution is 2.17. The molecule has 4 heteroatoms. The zero-order chi connectivity index (χ0) is 9.97. The van der Waals surface area contributed by atoms with Gasteiger partial charge >= 0.3 is 5.76 Å². The van der Waals surface area contributed by atoms with E-state index in [0.717, 1.165) is 24.8 Å². The normalized spacial score (nSPS) is 14.0. The molecule has 0 N–H and O–H groups in total. The zero-order valence-electron chi connectivity index (χ0n) is 7.73. The van der Waals surface area contributed by atoms with Gasteiger partial charge in [0.2, 0.25) is 0 Å². The van der Waals surface area contributed by atoms with Gasteiger partial charge in [-0.2, -0.15) is 0 Å². The third-order valence-corrected chi connectivity index (χ3v) is 2.32. The van der Waals surface area contributed by atoms with Gasteiger partial charge in [-0.25, -0.2) is 4.79 Å². The SMILES string of the molecule is O=CCCn1c2c(oc1=O)C=CCC2. The molecule has 1 aromatic heterocycles. The fraction of sp³-hybridized carbons (Fsp3) is 0.400. The maximum atomic E-state index is 11.4. The average Bonchev–Trinajstić information content (AvgIpc) is 2.51. The van der Waals surface area contributed by atoms with E-state index in [1.54, 1.807) is 4.57 Å². The molecule has 1 aromatic rings. The van der Waals surface area contributed by atoms with Crippen molar-refractivity contribution < 1.29 is 9.21 Å². The van der Waals surface area contributed by atoms with E-state index in [-0.39, 0.29) is 5.76 Å². The fourth-order valence-electron chi connectivity index (χ4n) is 1.66. The van der Waals surface area contributed by atoms with Crippen LogP contribution in [0.25, 0.3) is 6.08 Å². The number of aldehydes is 1. The maximum Gasteiger partial charge on any atom is 0.419 e. The molecule has 74 valence electrons. The van der Waals surface area contributed by atoms with E-state index in [4.69, 9.17) is 4.42 Å². The van der Waals surface area contributed by atoms with Crippen LogP contribution in [-0.4, -0.2) is 10.9 Å². The van der Waals surface area contributed by atoms with E-state index in [1.165, 1.54) is 0 Å². The Bertz CT molecular complexity index is 425.